The van der Waals surface area contributed by atoms with E-state index in [-0.39, 0.29) is 5.91 Å². The second-order valence-electron chi connectivity index (χ2n) is 4.24. The normalized spacial score (nSPS) is 10.6. The van der Waals surface area contributed by atoms with Crippen LogP contribution < -0.4 is 10.6 Å². The molecule has 19 heavy (non-hydrogen) atoms. The number of carbonyl (C=O) groups excluding carboxylic acids is 1. The second-order valence-corrected chi connectivity index (χ2v) is 4.68. The third-order valence-corrected chi connectivity index (χ3v) is 3.02. The first-order valence-corrected chi connectivity index (χ1v) is 6.57. The second kappa shape index (κ2) is 6.50. The summed E-state index contributed by atoms with van der Waals surface area (Å²) in [6.45, 7) is 1.50. The average Bonchev–Trinajstić information content (AvgIpc) is 2.42. The molecule has 0 aliphatic rings. The molecule has 1 amide bonds. The summed E-state index contributed by atoms with van der Waals surface area (Å²) < 4.78 is 0. The van der Waals surface area contributed by atoms with Crippen molar-refractivity contribution in [3.63, 3.8) is 0 Å². The van der Waals surface area contributed by atoms with E-state index in [9.17, 15) is 4.79 Å². The molecule has 5 heteroatoms. The van der Waals surface area contributed by atoms with E-state index in [1.807, 2.05) is 25.2 Å². The Morgan fingerprint density at radius 1 is 1.37 bits per heavy atom. The molecular formula is C14H16ClN3O. The van der Waals surface area contributed by atoms with E-state index < -0.39 is 0 Å². The lowest BCUT2D eigenvalue weighted by Gasteiger charge is -2.08. The maximum atomic E-state index is 12.1. The van der Waals surface area contributed by atoms with Crippen LogP contribution in [0.2, 0.25) is 5.02 Å². The fourth-order valence-electron chi connectivity index (χ4n) is 1.89. The van der Waals surface area contributed by atoms with Crippen LogP contribution in [-0.4, -0.2) is 31.0 Å². The third-order valence-electron chi connectivity index (χ3n) is 2.80. The smallest absolute Gasteiger partial charge is 0.253 e. The zero-order valence-corrected chi connectivity index (χ0v) is 11.5. The average molecular weight is 278 g/mol. The van der Waals surface area contributed by atoms with Crippen molar-refractivity contribution in [1.82, 2.24) is 15.6 Å². The van der Waals surface area contributed by atoms with Crippen molar-refractivity contribution < 1.29 is 4.79 Å². The van der Waals surface area contributed by atoms with Gasteiger partial charge < -0.3 is 10.6 Å². The number of carbonyl (C=O) groups is 1. The SMILES string of the molecule is CNCCCNC(=O)c1cc(Cl)cc2cccnc12. The van der Waals surface area contributed by atoms with Crippen LogP contribution in [0.3, 0.4) is 0 Å². The minimum atomic E-state index is -0.137. The number of benzene rings is 1. The monoisotopic (exact) mass is 277 g/mol. The van der Waals surface area contributed by atoms with E-state index in [0.29, 0.717) is 22.6 Å². The molecule has 1 aromatic heterocycles. The highest BCUT2D eigenvalue weighted by molar-refractivity contribution is 6.32. The van der Waals surface area contributed by atoms with E-state index in [2.05, 4.69) is 15.6 Å². The Hall–Kier alpha value is -1.65. The molecule has 0 saturated carbocycles. The summed E-state index contributed by atoms with van der Waals surface area (Å²) in [6, 6.07) is 7.19. The fourth-order valence-corrected chi connectivity index (χ4v) is 2.12. The Labute approximate surface area is 117 Å². The van der Waals surface area contributed by atoms with Crippen LogP contribution in [0, 0.1) is 0 Å². The number of amides is 1. The molecule has 0 saturated heterocycles. The highest BCUT2D eigenvalue weighted by Gasteiger charge is 2.11. The Balaban J connectivity index is 2.21. The van der Waals surface area contributed by atoms with Crippen molar-refractivity contribution >= 4 is 28.4 Å². The van der Waals surface area contributed by atoms with Gasteiger partial charge in [-0.05, 0) is 38.2 Å². The van der Waals surface area contributed by atoms with Crippen LogP contribution in [0.1, 0.15) is 16.8 Å². The largest absolute Gasteiger partial charge is 0.352 e. The Morgan fingerprint density at radius 2 is 2.21 bits per heavy atom. The number of hydrogen-bond acceptors (Lipinski definition) is 3. The van der Waals surface area contributed by atoms with E-state index in [0.717, 1.165) is 18.4 Å². The molecule has 2 aromatic rings. The lowest BCUT2D eigenvalue weighted by Crippen LogP contribution is -2.26. The van der Waals surface area contributed by atoms with Crippen molar-refractivity contribution in [2.75, 3.05) is 20.1 Å². The predicted molar refractivity (Wildman–Crippen MR) is 77.6 cm³/mol. The first kappa shape index (κ1) is 13.8. The number of pyridine rings is 1. The standard InChI is InChI=1S/C14H16ClN3O/c1-16-5-3-7-18-14(19)12-9-11(15)8-10-4-2-6-17-13(10)12/h2,4,6,8-9,16H,3,5,7H2,1H3,(H,18,19). The highest BCUT2D eigenvalue weighted by Crippen LogP contribution is 2.22. The molecule has 1 heterocycles. The maximum Gasteiger partial charge on any atom is 0.253 e. The quantitative estimate of drug-likeness (QED) is 0.824. The lowest BCUT2D eigenvalue weighted by atomic mass is 10.1. The van der Waals surface area contributed by atoms with Crippen LogP contribution in [0.5, 0.6) is 0 Å². The topological polar surface area (TPSA) is 54.0 Å². The summed E-state index contributed by atoms with van der Waals surface area (Å²) in [5.41, 5.74) is 1.20. The first-order valence-electron chi connectivity index (χ1n) is 6.19. The minimum Gasteiger partial charge on any atom is -0.352 e. The van der Waals surface area contributed by atoms with E-state index in [4.69, 9.17) is 11.6 Å². The number of hydrogen-bond donors (Lipinski definition) is 2. The zero-order valence-electron chi connectivity index (χ0n) is 10.7. The molecule has 0 radical (unpaired) electrons. The number of aromatic nitrogens is 1. The molecule has 0 atom stereocenters. The van der Waals surface area contributed by atoms with Gasteiger partial charge in [-0.3, -0.25) is 9.78 Å². The molecule has 0 spiro atoms. The molecule has 0 bridgehead atoms. The van der Waals surface area contributed by atoms with Crippen molar-refractivity contribution in [1.29, 1.82) is 0 Å². The number of fused-ring (bicyclic) bond motifs is 1. The predicted octanol–water partition coefficient (Wildman–Crippen LogP) is 2.23. The Morgan fingerprint density at radius 3 is 3.00 bits per heavy atom. The molecular weight excluding hydrogens is 262 g/mol. The molecule has 100 valence electrons. The van der Waals surface area contributed by atoms with Gasteiger partial charge in [0.15, 0.2) is 0 Å². The van der Waals surface area contributed by atoms with Crippen LogP contribution >= 0.6 is 11.6 Å². The Kier molecular flexibility index (Phi) is 4.71. The Bertz CT molecular complexity index is 586. The zero-order chi connectivity index (χ0) is 13.7. The third kappa shape index (κ3) is 3.43. The molecule has 1 aromatic carbocycles. The van der Waals surface area contributed by atoms with Crippen molar-refractivity contribution in [2.24, 2.45) is 0 Å². The van der Waals surface area contributed by atoms with Crippen molar-refractivity contribution in [2.45, 2.75) is 6.42 Å². The summed E-state index contributed by atoms with van der Waals surface area (Å²) in [5, 5.41) is 7.32. The van der Waals surface area contributed by atoms with Gasteiger partial charge in [0.1, 0.15) is 0 Å². The van der Waals surface area contributed by atoms with Gasteiger partial charge in [-0.2, -0.15) is 0 Å². The van der Waals surface area contributed by atoms with Gasteiger partial charge in [0.25, 0.3) is 5.91 Å². The van der Waals surface area contributed by atoms with Crippen LogP contribution in [0.4, 0.5) is 0 Å². The van der Waals surface area contributed by atoms with E-state index >= 15 is 0 Å². The van der Waals surface area contributed by atoms with Crippen LogP contribution in [0.15, 0.2) is 30.5 Å². The molecule has 0 fully saturated rings. The van der Waals surface area contributed by atoms with Crippen LogP contribution in [-0.2, 0) is 0 Å². The number of rotatable bonds is 5. The maximum absolute atomic E-state index is 12.1. The summed E-state index contributed by atoms with van der Waals surface area (Å²) in [7, 11) is 1.89. The fraction of sp³-hybridized carbons (Fsp3) is 0.286. The van der Waals surface area contributed by atoms with Gasteiger partial charge in [0, 0.05) is 23.2 Å². The summed E-state index contributed by atoms with van der Waals surface area (Å²) in [5.74, 6) is -0.137. The van der Waals surface area contributed by atoms with Crippen LogP contribution in [0.25, 0.3) is 10.9 Å². The lowest BCUT2D eigenvalue weighted by molar-refractivity contribution is 0.0955. The van der Waals surface area contributed by atoms with Gasteiger partial charge in [-0.1, -0.05) is 17.7 Å². The van der Waals surface area contributed by atoms with Gasteiger partial charge in [-0.25, -0.2) is 0 Å². The first-order chi connectivity index (χ1) is 9.22. The van der Waals surface area contributed by atoms with Gasteiger partial charge >= 0.3 is 0 Å². The van der Waals surface area contributed by atoms with E-state index in [1.165, 1.54) is 0 Å². The molecule has 0 aliphatic carbocycles. The van der Waals surface area contributed by atoms with Crippen molar-refractivity contribution in [3.8, 4) is 0 Å². The summed E-state index contributed by atoms with van der Waals surface area (Å²) in [6.07, 6.45) is 2.56. The minimum absolute atomic E-state index is 0.137. The number of halogens is 1. The molecule has 4 nitrogen and oxygen atoms in total. The molecule has 2 N–H and O–H groups in total. The number of nitrogens with one attached hydrogen (secondary N) is 2. The van der Waals surface area contributed by atoms with Crippen molar-refractivity contribution in [3.05, 3.63) is 41.0 Å². The van der Waals surface area contributed by atoms with Gasteiger partial charge in [0.2, 0.25) is 0 Å². The molecule has 0 aliphatic heterocycles. The van der Waals surface area contributed by atoms with Gasteiger partial charge in [-0.15, -0.1) is 0 Å². The van der Waals surface area contributed by atoms with Gasteiger partial charge in [0.05, 0.1) is 11.1 Å². The van der Waals surface area contributed by atoms with E-state index in [1.54, 1.807) is 12.3 Å². The molecule has 0 unspecified atom stereocenters. The summed E-state index contributed by atoms with van der Waals surface area (Å²) in [4.78, 5) is 16.4. The highest BCUT2D eigenvalue weighted by atomic mass is 35.5. The molecule has 2 rings (SSSR count). The summed E-state index contributed by atoms with van der Waals surface area (Å²) >= 11 is 6.03. The number of nitrogens with zero attached hydrogens (tertiary/aromatic N) is 1.